The number of phosphoric acid groups is 1. The minimum absolute atomic E-state index is 0.0742. The summed E-state index contributed by atoms with van der Waals surface area (Å²) in [4.78, 5) is 44.8. The number of carboxylic acids is 1. The number of carbonyl (C=O) groups excluding carboxylic acids is 2. The molecule has 0 aromatic carbocycles. The van der Waals surface area contributed by atoms with Gasteiger partial charge in [0, 0.05) is 6.42 Å². The van der Waals surface area contributed by atoms with E-state index in [-0.39, 0.29) is 12.8 Å². The van der Waals surface area contributed by atoms with Crippen LogP contribution in [0.5, 0.6) is 0 Å². The van der Waals surface area contributed by atoms with Crippen molar-refractivity contribution in [3.63, 3.8) is 0 Å². The lowest BCUT2D eigenvalue weighted by Gasteiger charge is -2.20. The first-order valence-electron chi connectivity index (χ1n) is 14.3. The Balaban J connectivity index is 4.63. The Bertz CT molecular complexity index is 958. The first kappa shape index (κ1) is 39.2. The molecule has 42 heavy (non-hydrogen) atoms. The molecular formula is C30H48NO10P. The van der Waals surface area contributed by atoms with Crippen molar-refractivity contribution in [3.8, 4) is 0 Å². The van der Waals surface area contributed by atoms with Gasteiger partial charge in [-0.25, -0.2) is 4.57 Å². The molecule has 0 amide bonds. The summed E-state index contributed by atoms with van der Waals surface area (Å²) in [5, 5.41) is 8.76. The predicted molar refractivity (Wildman–Crippen MR) is 161 cm³/mol. The van der Waals surface area contributed by atoms with Crippen molar-refractivity contribution in [1.82, 2.24) is 0 Å². The van der Waals surface area contributed by atoms with E-state index in [9.17, 15) is 23.8 Å². The van der Waals surface area contributed by atoms with Crippen LogP contribution in [0.1, 0.15) is 78.1 Å². The predicted octanol–water partition coefficient (Wildman–Crippen LogP) is 5.71. The van der Waals surface area contributed by atoms with E-state index in [1.165, 1.54) is 0 Å². The SMILES string of the molecule is CC/C=C\C/C=C\C/C=C\C/C=C\C/C=C\CC(=O)OC(COC(=O)CCCCC)COP(=O)(O)OCC(N)C(=O)O. The van der Waals surface area contributed by atoms with Crippen LogP contribution in [0, 0.1) is 0 Å². The second-order valence-electron chi connectivity index (χ2n) is 9.17. The lowest BCUT2D eigenvalue weighted by molar-refractivity contribution is -0.160. The van der Waals surface area contributed by atoms with Gasteiger partial charge in [-0.3, -0.25) is 23.4 Å². The Morgan fingerprint density at radius 2 is 1.29 bits per heavy atom. The zero-order valence-corrected chi connectivity index (χ0v) is 25.7. The highest BCUT2D eigenvalue weighted by atomic mass is 31.2. The van der Waals surface area contributed by atoms with Gasteiger partial charge < -0.3 is 25.2 Å². The minimum Gasteiger partial charge on any atom is -0.480 e. The fourth-order valence-electron chi connectivity index (χ4n) is 3.02. The molecule has 0 spiro atoms. The zero-order chi connectivity index (χ0) is 31.5. The van der Waals surface area contributed by atoms with Gasteiger partial charge in [0.15, 0.2) is 6.10 Å². The first-order valence-corrected chi connectivity index (χ1v) is 15.8. The number of aliphatic carboxylic acids is 1. The number of hydrogen-bond donors (Lipinski definition) is 3. The normalized spacial score (nSPS) is 15.1. The molecule has 0 heterocycles. The van der Waals surface area contributed by atoms with Gasteiger partial charge in [-0.05, 0) is 38.5 Å². The molecule has 0 aliphatic carbocycles. The molecule has 0 saturated carbocycles. The summed E-state index contributed by atoms with van der Waals surface area (Å²) in [6.07, 6.45) is 25.8. The summed E-state index contributed by atoms with van der Waals surface area (Å²) in [5.41, 5.74) is 5.25. The van der Waals surface area contributed by atoms with Crippen molar-refractivity contribution in [2.75, 3.05) is 19.8 Å². The zero-order valence-electron chi connectivity index (χ0n) is 24.8. The fourth-order valence-corrected chi connectivity index (χ4v) is 3.80. The topological polar surface area (TPSA) is 172 Å². The van der Waals surface area contributed by atoms with Gasteiger partial charge >= 0.3 is 25.7 Å². The van der Waals surface area contributed by atoms with E-state index in [0.717, 1.165) is 38.5 Å². The summed E-state index contributed by atoms with van der Waals surface area (Å²) in [6.45, 7) is 2.31. The number of nitrogens with two attached hydrogens (primary N) is 1. The van der Waals surface area contributed by atoms with Crippen LogP contribution in [-0.4, -0.2) is 59.9 Å². The average molecular weight is 614 g/mol. The molecule has 0 aliphatic rings. The number of carboxylic acid groups (broad SMARTS) is 1. The van der Waals surface area contributed by atoms with Gasteiger partial charge in [0.2, 0.25) is 0 Å². The van der Waals surface area contributed by atoms with E-state index in [4.69, 9.17) is 24.8 Å². The van der Waals surface area contributed by atoms with Gasteiger partial charge in [0.1, 0.15) is 12.6 Å². The Labute approximate surface area is 249 Å². The highest BCUT2D eigenvalue weighted by Crippen LogP contribution is 2.43. The van der Waals surface area contributed by atoms with Crippen molar-refractivity contribution in [2.45, 2.75) is 90.2 Å². The maximum atomic E-state index is 12.3. The number of ether oxygens (including phenoxy) is 2. The smallest absolute Gasteiger partial charge is 0.472 e. The molecule has 0 aromatic heterocycles. The molecule has 0 fully saturated rings. The Morgan fingerprint density at radius 3 is 1.81 bits per heavy atom. The summed E-state index contributed by atoms with van der Waals surface area (Å²) >= 11 is 0. The van der Waals surface area contributed by atoms with Crippen molar-refractivity contribution in [2.24, 2.45) is 5.73 Å². The fraction of sp³-hybridized carbons (Fsp3) is 0.567. The number of carbonyl (C=O) groups is 3. The van der Waals surface area contributed by atoms with Crippen LogP contribution in [0.4, 0.5) is 0 Å². The molecule has 4 N–H and O–H groups in total. The van der Waals surface area contributed by atoms with E-state index in [1.807, 2.05) is 19.1 Å². The first-order chi connectivity index (χ1) is 20.1. The molecule has 11 nitrogen and oxygen atoms in total. The van der Waals surface area contributed by atoms with Crippen LogP contribution < -0.4 is 5.73 Å². The van der Waals surface area contributed by atoms with Crippen LogP contribution >= 0.6 is 7.82 Å². The van der Waals surface area contributed by atoms with Crippen molar-refractivity contribution >= 4 is 25.7 Å². The standard InChI is InChI=1S/C30H48NO10P/c1-3-5-7-8-9-10-11-12-13-14-15-16-17-18-20-22-29(33)41-26(23-38-28(32)21-19-6-4-2)24-39-42(36,37)40-25-27(31)30(34)35/h5,7,9-10,12-13,15-16,18,20,26-27H,3-4,6,8,11,14,17,19,21-25,31H2,1-2H3,(H,34,35)(H,36,37)/b7-5-,10-9-,13-12-,16-15-,20-18-. The summed E-state index contributed by atoms with van der Waals surface area (Å²) < 4.78 is 31.8. The minimum atomic E-state index is -4.71. The van der Waals surface area contributed by atoms with Crippen LogP contribution in [0.15, 0.2) is 60.8 Å². The number of rotatable bonds is 25. The molecule has 0 radical (unpaired) electrons. The van der Waals surface area contributed by atoms with Gasteiger partial charge in [0.05, 0.1) is 19.6 Å². The molecule has 12 heteroatoms. The van der Waals surface area contributed by atoms with E-state index in [0.29, 0.717) is 12.8 Å². The van der Waals surface area contributed by atoms with E-state index >= 15 is 0 Å². The highest BCUT2D eigenvalue weighted by Gasteiger charge is 2.28. The monoisotopic (exact) mass is 613 g/mol. The molecule has 3 unspecified atom stereocenters. The summed E-state index contributed by atoms with van der Waals surface area (Å²) in [6, 6.07) is -1.53. The molecular weight excluding hydrogens is 565 g/mol. The third-order valence-corrected chi connectivity index (χ3v) is 6.26. The third kappa shape index (κ3) is 24.9. The van der Waals surface area contributed by atoms with Crippen molar-refractivity contribution < 1.29 is 47.5 Å². The maximum Gasteiger partial charge on any atom is 0.472 e. The highest BCUT2D eigenvalue weighted by molar-refractivity contribution is 7.47. The second-order valence-corrected chi connectivity index (χ2v) is 10.6. The van der Waals surface area contributed by atoms with Crippen LogP contribution in [-0.2, 0) is 37.5 Å². The average Bonchev–Trinajstić information content (AvgIpc) is 2.95. The molecule has 0 rings (SSSR count). The van der Waals surface area contributed by atoms with E-state index in [1.54, 1.807) is 12.2 Å². The Hall–Kier alpha value is -2.82. The van der Waals surface area contributed by atoms with Gasteiger partial charge in [0.25, 0.3) is 0 Å². The lowest BCUT2D eigenvalue weighted by atomic mass is 10.2. The van der Waals surface area contributed by atoms with E-state index in [2.05, 4.69) is 47.9 Å². The number of phosphoric ester groups is 1. The second kappa shape index (κ2) is 25.9. The van der Waals surface area contributed by atoms with Crippen molar-refractivity contribution in [1.29, 1.82) is 0 Å². The third-order valence-electron chi connectivity index (χ3n) is 5.31. The molecule has 0 aliphatic heterocycles. The quantitative estimate of drug-likeness (QED) is 0.0498. The van der Waals surface area contributed by atoms with Crippen LogP contribution in [0.25, 0.3) is 0 Å². The molecule has 0 aromatic rings. The number of allylic oxidation sites excluding steroid dienone is 9. The molecule has 238 valence electrons. The maximum absolute atomic E-state index is 12.3. The largest absolute Gasteiger partial charge is 0.480 e. The summed E-state index contributed by atoms with van der Waals surface area (Å²) in [7, 11) is -4.71. The van der Waals surface area contributed by atoms with Gasteiger partial charge in [-0.2, -0.15) is 0 Å². The van der Waals surface area contributed by atoms with Crippen LogP contribution in [0.2, 0.25) is 0 Å². The number of hydrogen-bond acceptors (Lipinski definition) is 9. The van der Waals surface area contributed by atoms with E-state index < -0.39 is 57.7 Å². The summed E-state index contributed by atoms with van der Waals surface area (Å²) in [5.74, 6) is -2.58. The Kier molecular flexibility index (Phi) is 24.1. The van der Waals surface area contributed by atoms with Gasteiger partial charge in [-0.1, -0.05) is 87.4 Å². The lowest BCUT2D eigenvalue weighted by Crippen LogP contribution is -2.34. The van der Waals surface area contributed by atoms with Crippen molar-refractivity contribution in [3.05, 3.63) is 60.8 Å². The molecule has 0 saturated heterocycles. The van der Waals surface area contributed by atoms with Crippen LogP contribution in [0.3, 0.4) is 0 Å². The number of unbranched alkanes of at least 4 members (excludes halogenated alkanes) is 2. The molecule has 3 atom stereocenters. The Morgan fingerprint density at radius 1 is 0.762 bits per heavy atom. The molecule has 0 bridgehead atoms. The number of esters is 2. The van der Waals surface area contributed by atoms with Gasteiger partial charge in [-0.15, -0.1) is 0 Å².